The summed E-state index contributed by atoms with van der Waals surface area (Å²) < 4.78 is 1.20. The van der Waals surface area contributed by atoms with Gasteiger partial charge in [-0.3, -0.25) is 4.79 Å². The number of carbonyl (C=O) groups excluding carboxylic acids is 1. The Morgan fingerprint density at radius 1 is 1.35 bits per heavy atom. The molecule has 0 radical (unpaired) electrons. The molecule has 4 heteroatoms. The number of anilines is 1. The molecule has 3 rings (SSSR count). The van der Waals surface area contributed by atoms with E-state index in [1.807, 2.05) is 19.1 Å². The van der Waals surface area contributed by atoms with Crippen LogP contribution < -0.4 is 10.6 Å². The Bertz CT molecular complexity index is 505. The number of piperidine rings is 1. The largest absolute Gasteiger partial charge is 0.326 e. The van der Waals surface area contributed by atoms with Crippen molar-refractivity contribution in [3.63, 3.8) is 0 Å². The van der Waals surface area contributed by atoms with E-state index in [1.165, 1.54) is 16.4 Å². The highest BCUT2D eigenvalue weighted by atomic mass is 127. The third-order valence-corrected chi connectivity index (χ3v) is 5.18. The number of amides is 1. The van der Waals surface area contributed by atoms with Crippen molar-refractivity contribution in [1.29, 1.82) is 0 Å². The smallest absolute Gasteiger partial charge is 0.224 e. The summed E-state index contributed by atoms with van der Waals surface area (Å²) in [4.78, 5) is 12.2. The van der Waals surface area contributed by atoms with Crippen LogP contribution in [0.2, 0.25) is 0 Å². The van der Waals surface area contributed by atoms with Crippen molar-refractivity contribution in [2.24, 2.45) is 5.92 Å². The fourth-order valence-electron chi connectivity index (χ4n) is 3.57. The van der Waals surface area contributed by atoms with E-state index in [4.69, 9.17) is 0 Å². The summed E-state index contributed by atoms with van der Waals surface area (Å²) in [6, 6.07) is 7.45. The molecule has 1 amide bonds. The number of rotatable bonds is 3. The van der Waals surface area contributed by atoms with Crippen LogP contribution >= 0.6 is 22.6 Å². The maximum Gasteiger partial charge on any atom is 0.224 e. The fraction of sp³-hybridized carbons (Fsp3) is 0.562. The molecule has 2 aliphatic rings. The number of benzene rings is 1. The van der Waals surface area contributed by atoms with E-state index >= 15 is 0 Å². The van der Waals surface area contributed by atoms with Crippen molar-refractivity contribution >= 4 is 34.2 Å². The first-order valence-corrected chi connectivity index (χ1v) is 8.50. The number of hydrogen-bond donors (Lipinski definition) is 2. The average molecular weight is 384 g/mol. The zero-order valence-electron chi connectivity index (χ0n) is 11.8. The fourth-order valence-corrected chi connectivity index (χ4v) is 4.22. The maximum absolute atomic E-state index is 12.2. The predicted molar refractivity (Wildman–Crippen MR) is 89.8 cm³/mol. The van der Waals surface area contributed by atoms with E-state index in [0.717, 1.165) is 24.1 Å². The quantitative estimate of drug-likeness (QED) is 0.784. The number of nitrogens with one attached hydrogen (secondary N) is 2. The Morgan fingerprint density at radius 2 is 2.05 bits per heavy atom. The van der Waals surface area contributed by atoms with Gasteiger partial charge in [0.25, 0.3) is 0 Å². The Morgan fingerprint density at radius 3 is 2.70 bits per heavy atom. The minimum atomic E-state index is 0.167. The van der Waals surface area contributed by atoms with Gasteiger partial charge in [0.15, 0.2) is 0 Å². The van der Waals surface area contributed by atoms with Crippen LogP contribution in [0.4, 0.5) is 5.69 Å². The minimum absolute atomic E-state index is 0.167. The van der Waals surface area contributed by atoms with Gasteiger partial charge in [-0.2, -0.15) is 0 Å². The Hall–Kier alpha value is -0.620. The van der Waals surface area contributed by atoms with Crippen LogP contribution in [-0.2, 0) is 4.79 Å². The van der Waals surface area contributed by atoms with Crippen LogP contribution in [0.15, 0.2) is 18.2 Å². The second-order valence-corrected chi connectivity index (χ2v) is 7.43. The molecule has 2 fully saturated rings. The number of aryl methyl sites for hydroxylation is 1. The first-order valence-electron chi connectivity index (χ1n) is 7.42. The van der Waals surface area contributed by atoms with Gasteiger partial charge in [0.1, 0.15) is 0 Å². The first kappa shape index (κ1) is 14.3. The second-order valence-electron chi connectivity index (χ2n) is 6.19. The molecule has 2 saturated heterocycles. The lowest BCUT2D eigenvalue weighted by molar-refractivity contribution is -0.117. The molecule has 3 nitrogen and oxygen atoms in total. The lowest BCUT2D eigenvalue weighted by atomic mass is 9.89. The van der Waals surface area contributed by atoms with Gasteiger partial charge in [-0.05, 0) is 84.9 Å². The molecule has 1 aromatic rings. The summed E-state index contributed by atoms with van der Waals surface area (Å²) >= 11 is 2.29. The molecular weight excluding hydrogens is 363 g/mol. The van der Waals surface area contributed by atoms with Crippen LogP contribution in [0.1, 0.15) is 37.7 Å². The highest BCUT2D eigenvalue weighted by Crippen LogP contribution is 2.32. The van der Waals surface area contributed by atoms with Crippen molar-refractivity contribution in [1.82, 2.24) is 5.32 Å². The number of halogens is 1. The second kappa shape index (κ2) is 6.02. The molecule has 2 atom stereocenters. The average Bonchev–Trinajstić information content (AvgIpc) is 2.72. The third-order valence-electron chi connectivity index (χ3n) is 4.51. The normalized spacial score (nSPS) is 28.4. The van der Waals surface area contributed by atoms with Gasteiger partial charge >= 0.3 is 0 Å². The van der Waals surface area contributed by atoms with E-state index in [9.17, 15) is 4.79 Å². The van der Waals surface area contributed by atoms with E-state index in [2.05, 4.69) is 39.3 Å². The zero-order valence-corrected chi connectivity index (χ0v) is 13.9. The molecule has 0 aromatic heterocycles. The lowest BCUT2D eigenvalue weighted by Crippen LogP contribution is -2.39. The van der Waals surface area contributed by atoms with Gasteiger partial charge in [-0.1, -0.05) is 0 Å². The van der Waals surface area contributed by atoms with Crippen LogP contribution in [0.3, 0.4) is 0 Å². The maximum atomic E-state index is 12.2. The summed E-state index contributed by atoms with van der Waals surface area (Å²) in [6.07, 6.45) is 5.57. The van der Waals surface area contributed by atoms with Gasteiger partial charge < -0.3 is 10.6 Å². The molecule has 1 aromatic carbocycles. The molecule has 2 heterocycles. The molecule has 2 aliphatic heterocycles. The van der Waals surface area contributed by atoms with Gasteiger partial charge in [0, 0.05) is 27.8 Å². The topological polar surface area (TPSA) is 41.1 Å². The van der Waals surface area contributed by atoms with Crippen LogP contribution in [0.25, 0.3) is 0 Å². The van der Waals surface area contributed by atoms with E-state index < -0.39 is 0 Å². The Balaban J connectivity index is 1.57. The van der Waals surface area contributed by atoms with Gasteiger partial charge in [0.05, 0.1) is 0 Å². The monoisotopic (exact) mass is 384 g/mol. The van der Waals surface area contributed by atoms with E-state index in [-0.39, 0.29) is 5.91 Å². The van der Waals surface area contributed by atoms with Crippen molar-refractivity contribution in [3.8, 4) is 0 Å². The van der Waals surface area contributed by atoms with Crippen molar-refractivity contribution in [3.05, 3.63) is 27.3 Å². The summed E-state index contributed by atoms with van der Waals surface area (Å²) in [6.45, 7) is 2.04. The lowest BCUT2D eigenvalue weighted by Gasteiger charge is -2.28. The highest BCUT2D eigenvalue weighted by molar-refractivity contribution is 14.1. The Kier molecular flexibility index (Phi) is 4.31. The highest BCUT2D eigenvalue weighted by Gasteiger charge is 2.34. The van der Waals surface area contributed by atoms with Crippen LogP contribution in [-0.4, -0.2) is 18.0 Å². The molecule has 0 saturated carbocycles. The molecule has 0 aliphatic carbocycles. The Labute approximate surface area is 134 Å². The molecule has 2 bridgehead atoms. The first-order chi connectivity index (χ1) is 9.60. The van der Waals surface area contributed by atoms with Crippen molar-refractivity contribution in [2.45, 2.75) is 51.1 Å². The van der Waals surface area contributed by atoms with E-state index in [1.54, 1.807) is 0 Å². The molecule has 20 heavy (non-hydrogen) atoms. The molecule has 2 unspecified atom stereocenters. The van der Waals surface area contributed by atoms with E-state index in [0.29, 0.717) is 24.4 Å². The zero-order chi connectivity index (χ0) is 14.1. The van der Waals surface area contributed by atoms with Crippen molar-refractivity contribution in [2.75, 3.05) is 5.32 Å². The third kappa shape index (κ3) is 3.34. The molecule has 0 spiro atoms. The molecule has 2 N–H and O–H groups in total. The predicted octanol–water partition coefficient (Wildman–Crippen LogP) is 3.46. The molecule has 108 valence electrons. The summed E-state index contributed by atoms with van der Waals surface area (Å²) in [5, 5.41) is 6.70. The van der Waals surface area contributed by atoms with Gasteiger partial charge in [0.2, 0.25) is 5.91 Å². The SMILES string of the molecule is Cc1cc(I)ccc1NC(=O)CC1CC2CCC(C1)N2. The summed E-state index contributed by atoms with van der Waals surface area (Å²) in [5.74, 6) is 0.721. The summed E-state index contributed by atoms with van der Waals surface area (Å²) in [5.41, 5.74) is 2.09. The number of fused-ring (bicyclic) bond motifs is 2. The van der Waals surface area contributed by atoms with Crippen LogP contribution in [0.5, 0.6) is 0 Å². The van der Waals surface area contributed by atoms with Crippen molar-refractivity contribution < 1.29 is 4.79 Å². The number of carbonyl (C=O) groups is 1. The van der Waals surface area contributed by atoms with Crippen LogP contribution in [0, 0.1) is 16.4 Å². The standard InChI is InChI=1S/C16H21IN2O/c1-10-6-12(17)2-5-15(10)19-16(20)9-11-7-13-3-4-14(8-11)18-13/h2,5-6,11,13-14,18H,3-4,7-9H2,1H3,(H,19,20). The minimum Gasteiger partial charge on any atom is -0.326 e. The van der Waals surface area contributed by atoms with Gasteiger partial charge in [-0.15, -0.1) is 0 Å². The number of hydrogen-bond acceptors (Lipinski definition) is 2. The summed E-state index contributed by atoms with van der Waals surface area (Å²) in [7, 11) is 0. The molecular formula is C16H21IN2O. The van der Waals surface area contributed by atoms with Gasteiger partial charge in [-0.25, -0.2) is 0 Å².